The maximum Gasteiger partial charge on any atom is 0.344 e. The fourth-order valence-electron chi connectivity index (χ4n) is 2.54. The molecular weight excluding hydrogens is 244 g/mol. The van der Waals surface area contributed by atoms with Crippen LogP contribution in [0.1, 0.15) is 59.8 Å². The Kier molecular flexibility index (Phi) is 5.83. The fourth-order valence-corrected chi connectivity index (χ4v) is 2.54. The summed E-state index contributed by atoms with van der Waals surface area (Å²) in [5.74, 6) is -0.435. The van der Waals surface area contributed by atoms with Crippen LogP contribution in [0.15, 0.2) is 0 Å². The van der Waals surface area contributed by atoms with E-state index in [0.717, 1.165) is 19.3 Å². The lowest BCUT2D eigenvalue weighted by molar-refractivity contribution is -0.164. The van der Waals surface area contributed by atoms with Crippen molar-refractivity contribution in [1.82, 2.24) is 0 Å². The van der Waals surface area contributed by atoms with E-state index in [9.17, 15) is 9.59 Å². The molecule has 110 valence electrons. The van der Waals surface area contributed by atoms with Gasteiger partial charge in [0.15, 0.2) is 6.61 Å². The number of carbonyl (C=O) groups is 2. The SMILES string of the molecule is CCC(=O)OCC(=O)O[C@@H]1CC(C)(C)CCC[C@@H]1C. The standard InChI is InChI=1S/C15H26O4/c1-5-13(16)18-10-14(17)19-12-9-15(3,4)8-6-7-11(12)2/h11-12H,5-10H2,1-4H3/t11-,12+/m0/s1. The quantitative estimate of drug-likeness (QED) is 0.582. The van der Waals surface area contributed by atoms with Gasteiger partial charge in [-0.1, -0.05) is 34.1 Å². The van der Waals surface area contributed by atoms with Crippen LogP contribution in [-0.4, -0.2) is 24.6 Å². The summed E-state index contributed by atoms with van der Waals surface area (Å²) >= 11 is 0. The maximum absolute atomic E-state index is 11.7. The van der Waals surface area contributed by atoms with Crippen molar-refractivity contribution in [2.75, 3.05) is 6.61 Å². The number of hydrogen-bond acceptors (Lipinski definition) is 4. The molecule has 0 bridgehead atoms. The van der Waals surface area contributed by atoms with Crippen molar-refractivity contribution in [1.29, 1.82) is 0 Å². The van der Waals surface area contributed by atoms with E-state index in [1.54, 1.807) is 6.92 Å². The maximum atomic E-state index is 11.7. The molecule has 0 radical (unpaired) electrons. The van der Waals surface area contributed by atoms with Crippen molar-refractivity contribution in [3.8, 4) is 0 Å². The molecule has 1 aliphatic carbocycles. The highest BCUT2D eigenvalue weighted by Gasteiger charge is 2.32. The van der Waals surface area contributed by atoms with E-state index in [0.29, 0.717) is 5.92 Å². The fraction of sp³-hybridized carbons (Fsp3) is 0.867. The second-order valence-electron chi connectivity index (χ2n) is 6.28. The Bertz CT molecular complexity index is 322. The molecular formula is C15H26O4. The largest absolute Gasteiger partial charge is 0.460 e. The van der Waals surface area contributed by atoms with Crippen LogP contribution in [0.3, 0.4) is 0 Å². The van der Waals surface area contributed by atoms with E-state index in [1.807, 2.05) is 0 Å². The van der Waals surface area contributed by atoms with Crippen molar-refractivity contribution in [2.45, 2.75) is 65.9 Å². The molecule has 1 rings (SSSR count). The van der Waals surface area contributed by atoms with Crippen LogP contribution in [0.4, 0.5) is 0 Å². The predicted molar refractivity (Wildman–Crippen MR) is 72.5 cm³/mol. The summed E-state index contributed by atoms with van der Waals surface area (Å²) in [4.78, 5) is 22.7. The molecule has 0 heterocycles. The zero-order valence-corrected chi connectivity index (χ0v) is 12.5. The van der Waals surface area contributed by atoms with E-state index in [1.165, 1.54) is 6.42 Å². The molecule has 2 atom stereocenters. The van der Waals surface area contributed by atoms with Crippen LogP contribution < -0.4 is 0 Å². The summed E-state index contributed by atoms with van der Waals surface area (Å²) in [5, 5.41) is 0. The Balaban J connectivity index is 2.48. The van der Waals surface area contributed by atoms with Gasteiger partial charge in [-0.3, -0.25) is 4.79 Å². The smallest absolute Gasteiger partial charge is 0.344 e. The lowest BCUT2D eigenvalue weighted by Gasteiger charge is -2.28. The van der Waals surface area contributed by atoms with Crippen molar-refractivity contribution < 1.29 is 19.1 Å². The van der Waals surface area contributed by atoms with Gasteiger partial charge in [0.25, 0.3) is 0 Å². The Morgan fingerprint density at radius 1 is 1.26 bits per heavy atom. The third kappa shape index (κ3) is 5.62. The molecule has 4 heteroatoms. The van der Waals surface area contributed by atoms with Gasteiger partial charge >= 0.3 is 11.9 Å². The normalized spacial score (nSPS) is 26.3. The first kappa shape index (κ1) is 16.0. The number of carbonyl (C=O) groups excluding carboxylic acids is 2. The molecule has 0 aliphatic heterocycles. The minimum atomic E-state index is -0.434. The van der Waals surface area contributed by atoms with Crippen LogP contribution in [-0.2, 0) is 19.1 Å². The van der Waals surface area contributed by atoms with Crippen molar-refractivity contribution in [3.05, 3.63) is 0 Å². The van der Waals surface area contributed by atoms with Gasteiger partial charge in [-0.05, 0) is 30.6 Å². The molecule has 0 unspecified atom stereocenters. The lowest BCUT2D eigenvalue weighted by atomic mass is 9.83. The van der Waals surface area contributed by atoms with Crippen molar-refractivity contribution in [2.24, 2.45) is 11.3 Å². The average molecular weight is 270 g/mol. The number of rotatable bonds is 4. The highest BCUT2D eigenvalue weighted by atomic mass is 16.6. The first-order chi connectivity index (χ1) is 8.84. The molecule has 1 saturated carbocycles. The summed E-state index contributed by atoms with van der Waals surface area (Å²) in [6.07, 6.45) is 4.51. The predicted octanol–water partition coefficient (Wildman–Crippen LogP) is 3.09. The third-order valence-electron chi connectivity index (χ3n) is 3.82. The van der Waals surface area contributed by atoms with Gasteiger partial charge in [0.05, 0.1) is 0 Å². The minimum absolute atomic E-state index is 0.0645. The van der Waals surface area contributed by atoms with Crippen LogP contribution in [0.25, 0.3) is 0 Å². The second kappa shape index (κ2) is 6.92. The molecule has 0 aromatic rings. The number of hydrogen-bond donors (Lipinski definition) is 0. The monoisotopic (exact) mass is 270 g/mol. The third-order valence-corrected chi connectivity index (χ3v) is 3.82. The van der Waals surface area contributed by atoms with Gasteiger partial charge < -0.3 is 9.47 Å². The van der Waals surface area contributed by atoms with Crippen molar-refractivity contribution >= 4 is 11.9 Å². The molecule has 0 saturated heterocycles. The summed E-state index contributed by atoms with van der Waals surface area (Å²) in [5.41, 5.74) is 0.204. The lowest BCUT2D eigenvalue weighted by Crippen LogP contribution is -2.30. The van der Waals surface area contributed by atoms with Gasteiger partial charge in [-0.25, -0.2) is 4.79 Å². The van der Waals surface area contributed by atoms with Crippen LogP contribution >= 0.6 is 0 Å². The molecule has 0 spiro atoms. The Labute approximate surface area is 115 Å². The Hall–Kier alpha value is -1.06. The number of ether oxygens (including phenoxy) is 2. The van der Waals surface area contributed by atoms with Gasteiger partial charge in [-0.15, -0.1) is 0 Å². The number of esters is 2. The summed E-state index contributed by atoms with van der Waals surface area (Å²) in [7, 11) is 0. The molecule has 0 amide bonds. The van der Waals surface area contributed by atoms with E-state index in [-0.39, 0.29) is 30.5 Å². The molecule has 1 fully saturated rings. The summed E-state index contributed by atoms with van der Waals surface area (Å²) in [6, 6.07) is 0. The molecule has 4 nitrogen and oxygen atoms in total. The molecule has 1 aliphatic rings. The van der Waals surface area contributed by atoms with E-state index < -0.39 is 5.97 Å². The van der Waals surface area contributed by atoms with Gasteiger partial charge in [0.2, 0.25) is 0 Å². The summed E-state index contributed by atoms with van der Waals surface area (Å²) < 4.78 is 10.3. The average Bonchev–Trinajstić information content (AvgIpc) is 2.45. The highest BCUT2D eigenvalue weighted by molar-refractivity contribution is 5.76. The van der Waals surface area contributed by atoms with E-state index >= 15 is 0 Å². The summed E-state index contributed by atoms with van der Waals surface area (Å²) in [6.45, 7) is 7.98. The van der Waals surface area contributed by atoms with Crippen LogP contribution in [0.5, 0.6) is 0 Å². The van der Waals surface area contributed by atoms with Gasteiger partial charge in [0.1, 0.15) is 6.10 Å². The molecule has 0 aromatic carbocycles. The second-order valence-corrected chi connectivity index (χ2v) is 6.28. The Morgan fingerprint density at radius 3 is 2.58 bits per heavy atom. The van der Waals surface area contributed by atoms with E-state index in [4.69, 9.17) is 9.47 Å². The van der Waals surface area contributed by atoms with Crippen molar-refractivity contribution in [3.63, 3.8) is 0 Å². The molecule has 19 heavy (non-hydrogen) atoms. The zero-order valence-electron chi connectivity index (χ0n) is 12.5. The first-order valence-electron chi connectivity index (χ1n) is 7.19. The first-order valence-corrected chi connectivity index (χ1v) is 7.19. The van der Waals surface area contributed by atoms with Gasteiger partial charge in [0, 0.05) is 6.42 Å². The van der Waals surface area contributed by atoms with Gasteiger partial charge in [-0.2, -0.15) is 0 Å². The zero-order chi connectivity index (χ0) is 14.5. The van der Waals surface area contributed by atoms with E-state index in [2.05, 4.69) is 20.8 Å². The minimum Gasteiger partial charge on any atom is -0.460 e. The molecule has 0 aromatic heterocycles. The topological polar surface area (TPSA) is 52.6 Å². The highest BCUT2D eigenvalue weighted by Crippen LogP contribution is 2.37. The Morgan fingerprint density at radius 2 is 1.95 bits per heavy atom. The molecule has 0 N–H and O–H groups in total. The van der Waals surface area contributed by atoms with Crippen LogP contribution in [0.2, 0.25) is 0 Å². The van der Waals surface area contributed by atoms with Crippen LogP contribution in [0, 0.1) is 11.3 Å².